The molecule has 1 amide bonds. The Hall–Kier alpha value is -1.71. The van der Waals surface area contributed by atoms with Gasteiger partial charge in [0, 0.05) is 17.8 Å². The highest BCUT2D eigenvalue weighted by atomic mass is 16.5. The predicted molar refractivity (Wildman–Crippen MR) is 59.9 cm³/mol. The van der Waals surface area contributed by atoms with Gasteiger partial charge in [-0.05, 0) is 26.0 Å². The van der Waals surface area contributed by atoms with Gasteiger partial charge in [0.15, 0.2) is 6.61 Å². The third-order valence-electron chi connectivity index (χ3n) is 1.67. The molecule has 0 unspecified atom stereocenters. The number of nitrogens with one attached hydrogen (secondary N) is 1. The van der Waals surface area contributed by atoms with E-state index >= 15 is 0 Å². The maximum absolute atomic E-state index is 10.5. The topological polar surface area (TPSA) is 64.3 Å². The first-order chi connectivity index (χ1) is 7.08. The van der Waals surface area contributed by atoms with Gasteiger partial charge in [-0.2, -0.15) is 0 Å². The van der Waals surface area contributed by atoms with Crippen LogP contribution >= 0.6 is 0 Å². The maximum atomic E-state index is 10.5. The van der Waals surface area contributed by atoms with E-state index in [0.717, 1.165) is 5.69 Å². The number of amides is 1. The Balaban J connectivity index is 2.61. The molecule has 0 heterocycles. The summed E-state index contributed by atoms with van der Waals surface area (Å²) >= 11 is 0. The number of anilines is 1. The molecule has 0 fully saturated rings. The molecule has 0 saturated carbocycles. The van der Waals surface area contributed by atoms with Gasteiger partial charge in [0.2, 0.25) is 0 Å². The summed E-state index contributed by atoms with van der Waals surface area (Å²) in [5.74, 6) is 0.164. The van der Waals surface area contributed by atoms with Crippen molar-refractivity contribution in [1.82, 2.24) is 0 Å². The number of primary amides is 1. The first kappa shape index (κ1) is 11.4. The zero-order valence-corrected chi connectivity index (χ0v) is 8.99. The Labute approximate surface area is 89.4 Å². The van der Waals surface area contributed by atoms with Gasteiger partial charge in [0.25, 0.3) is 5.91 Å². The summed E-state index contributed by atoms with van der Waals surface area (Å²) in [6, 6.07) is 7.78. The van der Waals surface area contributed by atoms with Crippen LogP contribution in [0.1, 0.15) is 13.8 Å². The minimum atomic E-state index is -0.475. The third-order valence-corrected chi connectivity index (χ3v) is 1.67. The van der Waals surface area contributed by atoms with Gasteiger partial charge in [-0.15, -0.1) is 0 Å². The highest BCUT2D eigenvalue weighted by Gasteiger charge is 2.00. The Morgan fingerprint density at radius 1 is 1.53 bits per heavy atom. The molecule has 0 saturated heterocycles. The summed E-state index contributed by atoms with van der Waals surface area (Å²) in [7, 11) is 0. The minimum absolute atomic E-state index is 0.0921. The quantitative estimate of drug-likeness (QED) is 0.768. The second-order valence-electron chi connectivity index (χ2n) is 3.58. The Bertz CT molecular complexity index is 337. The van der Waals surface area contributed by atoms with Crippen LogP contribution in [0.4, 0.5) is 5.69 Å². The molecular weight excluding hydrogens is 192 g/mol. The van der Waals surface area contributed by atoms with E-state index < -0.39 is 5.91 Å². The number of hydrogen-bond donors (Lipinski definition) is 2. The fourth-order valence-corrected chi connectivity index (χ4v) is 1.16. The molecule has 15 heavy (non-hydrogen) atoms. The van der Waals surface area contributed by atoms with Crippen molar-refractivity contribution in [2.45, 2.75) is 19.9 Å². The molecule has 0 atom stereocenters. The number of benzene rings is 1. The molecule has 0 spiro atoms. The first-order valence-electron chi connectivity index (χ1n) is 4.85. The molecule has 0 aliphatic heterocycles. The standard InChI is InChI=1S/C11H16N2O2/c1-8(2)13-9-4-3-5-10(6-9)15-7-11(12)14/h3-6,8,13H,7H2,1-2H3,(H2,12,14). The van der Waals surface area contributed by atoms with Crippen molar-refractivity contribution in [2.75, 3.05) is 11.9 Å². The fourth-order valence-electron chi connectivity index (χ4n) is 1.16. The molecule has 1 aromatic rings. The van der Waals surface area contributed by atoms with E-state index in [9.17, 15) is 4.79 Å². The second-order valence-corrected chi connectivity index (χ2v) is 3.58. The van der Waals surface area contributed by atoms with E-state index in [0.29, 0.717) is 11.8 Å². The molecule has 0 aromatic heterocycles. The number of ether oxygens (including phenoxy) is 1. The normalized spacial score (nSPS) is 10.1. The van der Waals surface area contributed by atoms with E-state index in [-0.39, 0.29) is 6.61 Å². The van der Waals surface area contributed by atoms with Crippen LogP contribution in [0.2, 0.25) is 0 Å². The number of rotatable bonds is 5. The van der Waals surface area contributed by atoms with E-state index in [1.165, 1.54) is 0 Å². The van der Waals surface area contributed by atoms with Crippen LogP contribution in [0.3, 0.4) is 0 Å². The molecule has 1 aromatic carbocycles. The number of carbonyl (C=O) groups excluding carboxylic acids is 1. The molecule has 4 heteroatoms. The average molecular weight is 208 g/mol. The molecule has 1 rings (SSSR count). The predicted octanol–water partition coefficient (Wildman–Crippen LogP) is 1.37. The van der Waals surface area contributed by atoms with E-state index in [1.807, 2.05) is 18.2 Å². The number of hydrogen-bond acceptors (Lipinski definition) is 3. The lowest BCUT2D eigenvalue weighted by Gasteiger charge is -2.11. The monoisotopic (exact) mass is 208 g/mol. The van der Waals surface area contributed by atoms with Crippen molar-refractivity contribution < 1.29 is 9.53 Å². The van der Waals surface area contributed by atoms with Crippen LogP contribution in [0.25, 0.3) is 0 Å². The second kappa shape index (κ2) is 5.24. The van der Waals surface area contributed by atoms with Crippen LogP contribution in [0, 0.1) is 0 Å². The lowest BCUT2D eigenvalue weighted by Crippen LogP contribution is -2.20. The Kier molecular flexibility index (Phi) is 3.97. The van der Waals surface area contributed by atoms with Gasteiger partial charge in [0.05, 0.1) is 0 Å². The summed E-state index contributed by atoms with van der Waals surface area (Å²) in [4.78, 5) is 10.5. The van der Waals surface area contributed by atoms with Crippen molar-refractivity contribution in [1.29, 1.82) is 0 Å². The van der Waals surface area contributed by atoms with Crippen molar-refractivity contribution in [3.8, 4) is 5.75 Å². The largest absolute Gasteiger partial charge is 0.484 e. The van der Waals surface area contributed by atoms with Crippen molar-refractivity contribution in [3.63, 3.8) is 0 Å². The Morgan fingerprint density at radius 3 is 2.87 bits per heavy atom. The summed E-state index contributed by atoms with van der Waals surface area (Å²) in [6.45, 7) is 4.01. The van der Waals surface area contributed by atoms with Crippen molar-refractivity contribution >= 4 is 11.6 Å². The van der Waals surface area contributed by atoms with Crippen molar-refractivity contribution in [2.24, 2.45) is 5.73 Å². The summed E-state index contributed by atoms with van der Waals surface area (Å²) in [5.41, 5.74) is 5.94. The highest BCUT2D eigenvalue weighted by Crippen LogP contribution is 2.17. The lowest BCUT2D eigenvalue weighted by atomic mass is 10.2. The molecule has 4 nitrogen and oxygen atoms in total. The zero-order valence-electron chi connectivity index (χ0n) is 8.99. The molecule has 82 valence electrons. The third kappa shape index (κ3) is 4.35. The molecule has 0 aliphatic carbocycles. The van der Waals surface area contributed by atoms with Crippen LogP contribution in [0.15, 0.2) is 24.3 Å². The van der Waals surface area contributed by atoms with Crippen molar-refractivity contribution in [3.05, 3.63) is 24.3 Å². The summed E-state index contributed by atoms with van der Waals surface area (Å²) in [6.07, 6.45) is 0. The van der Waals surface area contributed by atoms with Crippen LogP contribution < -0.4 is 15.8 Å². The van der Waals surface area contributed by atoms with Crippen LogP contribution in [-0.4, -0.2) is 18.6 Å². The van der Waals surface area contributed by atoms with E-state index in [2.05, 4.69) is 19.2 Å². The summed E-state index contributed by atoms with van der Waals surface area (Å²) in [5, 5.41) is 3.24. The molecule has 0 aliphatic rings. The highest BCUT2D eigenvalue weighted by molar-refractivity contribution is 5.75. The fraction of sp³-hybridized carbons (Fsp3) is 0.364. The van der Waals surface area contributed by atoms with Gasteiger partial charge < -0.3 is 15.8 Å². The molecule has 3 N–H and O–H groups in total. The number of nitrogens with two attached hydrogens (primary N) is 1. The molecule has 0 bridgehead atoms. The SMILES string of the molecule is CC(C)Nc1cccc(OCC(N)=O)c1. The maximum Gasteiger partial charge on any atom is 0.255 e. The number of carbonyl (C=O) groups is 1. The van der Waals surface area contributed by atoms with Gasteiger partial charge in [-0.25, -0.2) is 0 Å². The molecular formula is C11H16N2O2. The zero-order chi connectivity index (χ0) is 11.3. The van der Waals surface area contributed by atoms with Gasteiger partial charge in [-0.3, -0.25) is 4.79 Å². The first-order valence-corrected chi connectivity index (χ1v) is 4.85. The summed E-state index contributed by atoms with van der Waals surface area (Å²) < 4.78 is 5.18. The molecule has 0 radical (unpaired) electrons. The van der Waals surface area contributed by atoms with E-state index in [1.54, 1.807) is 6.07 Å². The van der Waals surface area contributed by atoms with Gasteiger partial charge in [0.1, 0.15) is 5.75 Å². The smallest absolute Gasteiger partial charge is 0.255 e. The van der Waals surface area contributed by atoms with Gasteiger partial charge in [-0.1, -0.05) is 6.07 Å². The minimum Gasteiger partial charge on any atom is -0.484 e. The van der Waals surface area contributed by atoms with Crippen LogP contribution in [-0.2, 0) is 4.79 Å². The van der Waals surface area contributed by atoms with Crippen LogP contribution in [0.5, 0.6) is 5.75 Å². The average Bonchev–Trinajstić information content (AvgIpc) is 2.14. The lowest BCUT2D eigenvalue weighted by molar-refractivity contribution is -0.119. The van der Waals surface area contributed by atoms with E-state index in [4.69, 9.17) is 10.5 Å². The van der Waals surface area contributed by atoms with Gasteiger partial charge >= 0.3 is 0 Å². The Morgan fingerprint density at radius 2 is 2.27 bits per heavy atom.